The van der Waals surface area contributed by atoms with E-state index in [0.717, 1.165) is 25.0 Å². The topological polar surface area (TPSA) is 52.6 Å². The van der Waals surface area contributed by atoms with Crippen molar-refractivity contribution in [3.63, 3.8) is 0 Å². The third-order valence-electron chi connectivity index (χ3n) is 3.67. The standard InChI is InChI=1S/C21H28O4/c1-4-5-15-24-16-9-10-17(2)20(22)25-21(23)18(3)13-14-19-11-7-6-8-12-19/h6-8,10-13H,4-5,9,14-16H2,1-3H3. The quantitative estimate of drug-likeness (QED) is 0.273. The van der Waals surface area contributed by atoms with Crippen LogP contribution in [0.5, 0.6) is 0 Å². The Morgan fingerprint density at radius 3 is 2.24 bits per heavy atom. The number of allylic oxidation sites excluding steroid dienone is 1. The van der Waals surface area contributed by atoms with E-state index in [2.05, 4.69) is 6.92 Å². The molecule has 0 saturated heterocycles. The highest BCUT2D eigenvalue weighted by Gasteiger charge is 2.13. The Hall–Kier alpha value is -2.20. The summed E-state index contributed by atoms with van der Waals surface area (Å²) in [5.41, 5.74) is 1.94. The van der Waals surface area contributed by atoms with Gasteiger partial charge in [0.2, 0.25) is 0 Å². The number of esters is 2. The molecular formula is C21H28O4. The minimum Gasteiger partial charge on any atom is -0.386 e. The summed E-state index contributed by atoms with van der Waals surface area (Å²) in [4.78, 5) is 23.9. The van der Waals surface area contributed by atoms with E-state index >= 15 is 0 Å². The predicted molar refractivity (Wildman–Crippen MR) is 99.1 cm³/mol. The zero-order valence-corrected chi connectivity index (χ0v) is 15.4. The normalized spacial score (nSPS) is 12.1. The molecule has 136 valence electrons. The lowest BCUT2D eigenvalue weighted by Gasteiger charge is -2.04. The van der Waals surface area contributed by atoms with Crippen LogP contribution in [0.25, 0.3) is 0 Å². The van der Waals surface area contributed by atoms with Crippen LogP contribution in [-0.4, -0.2) is 25.2 Å². The van der Waals surface area contributed by atoms with E-state index in [1.165, 1.54) is 0 Å². The third kappa shape index (κ3) is 9.01. The summed E-state index contributed by atoms with van der Waals surface area (Å²) in [6.07, 6.45) is 6.89. The van der Waals surface area contributed by atoms with Crippen LogP contribution in [0.1, 0.15) is 45.6 Å². The van der Waals surface area contributed by atoms with Gasteiger partial charge in [-0.3, -0.25) is 0 Å². The summed E-state index contributed by atoms with van der Waals surface area (Å²) >= 11 is 0. The van der Waals surface area contributed by atoms with Crippen molar-refractivity contribution in [2.75, 3.05) is 13.2 Å². The molecule has 0 spiro atoms. The Kier molecular flexibility index (Phi) is 10.2. The van der Waals surface area contributed by atoms with Crippen LogP contribution in [0, 0.1) is 0 Å². The van der Waals surface area contributed by atoms with Crippen molar-refractivity contribution < 1.29 is 19.1 Å². The fourth-order valence-corrected chi connectivity index (χ4v) is 2.00. The molecule has 0 aliphatic heterocycles. The third-order valence-corrected chi connectivity index (χ3v) is 3.67. The zero-order valence-electron chi connectivity index (χ0n) is 15.4. The first kappa shape index (κ1) is 20.8. The van der Waals surface area contributed by atoms with Crippen molar-refractivity contribution in [3.8, 4) is 0 Å². The van der Waals surface area contributed by atoms with Gasteiger partial charge in [0, 0.05) is 17.8 Å². The summed E-state index contributed by atoms with van der Waals surface area (Å²) in [5.74, 6) is -1.21. The Morgan fingerprint density at radius 2 is 1.60 bits per heavy atom. The van der Waals surface area contributed by atoms with Crippen LogP contribution in [0.4, 0.5) is 0 Å². The number of ether oxygens (including phenoxy) is 2. The molecule has 1 aromatic carbocycles. The van der Waals surface area contributed by atoms with E-state index in [4.69, 9.17) is 9.47 Å². The average molecular weight is 344 g/mol. The zero-order chi connectivity index (χ0) is 18.5. The van der Waals surface area contributed by atoms with Gasteiger partial charge in [0.15, 0.2) is 0 Å². The molecule has 0 bridgehead atoms. The number of carbonyl (C=O) groups is 2. The van der Waals surface area contributed by atoms with Crippen molar-refractivity contribution in [1.82, 2.24) is 0 Å². The molecule has 0 unspecified atom stereocenters. The van der Waals surface area contributed by atoms with Crippen LogP contribution < -0.4 is 0 Å². The van der Waals surface area contributed by atoms with Crippen molar-refractivity contribution in [2.24, 2.45) is 0 Å². The summed E-state index contributed by atoms with van der Waals surface area (Å²) in [6, 6.07) is 9.80. The van der Waals surface area contributed by atoms with Crippen LogP contribution in [0.15, 0.2) is 53.6 Å². The molecule has 1 rings (SSSR count). The highest BCUT2D eigenvalue weighted by atomic mass is 16.6. The van der Waals surface area contributed by atoms with Gasteiger partial charge in [-0.1, -0.05) is 55.8 Å². The first-order valence-electron chi connectivity index (χ1n) is 8.76. The van der Waals surface area contributed by atoms with Crippen LogP contribution in [0.3, 0.4) is 0 Å². The van der Waals surface area contributed by atoms with Gasteiger partial charge in [-0.15, -0.1) is 0 Å². The summed E-state index contributed by atoms with van der Waals surface area (Å²) in [5, 5.41) is 0. The van der Waals surface area contributed by atoms with Crippen LogP contribution in [-0.2, 0) is 25.5 Å². The van der Waals surface area contributed by atoms with E-state index in [1.54, 1.807) is 26.0 Å². The van der Waals surface area contributed by atoms with Gasteiger partial charge in [0.1, 0.15) is 0 Å². The number of rotatable bonds is 10. The first-order valence-corrected chi connectivity index (χ1v) is 8.76. The second kappa shape index (κ2) is 12.2. The monoisotopic (exact) mass is 344 g/mol. The van der Waals surface area contributed by atoms with Crippen molar-refractivity contribution in [1.29, 1.82) is 0 Å². The van der Waals surface area contributed by atoms with Gasteiger partial charge in [-0.25, -0.2) is 9.59 Å². The van der Waals surface area contributed by atoms with Crippen molar-refractivity contribution in [3.05, 3.63) is 59.2 Å². The van der Waals surface area contributed by atoms with Gasteiger partial charge < -0.3 is 9.47 Å². The van der Waals surface area contributed by atoms with Gasteiger partial charge >= 0.3 is 11.9 Å². The molecule has 0 radical (unpaired) electrons. The molecule has 0 aliphatic carbocycles. The molecule has 0 atom stereocenters. The van der Waals surface area contributed by atoms with Crippen LogP contribution in [0.2, 0.25) is 0 Å². The minimum atomic E-state index is -0.606. The van der Waals surface area contributed by atoms with Gasteiger partial charge in [-0.05, 0) is 38.7 Å². The van der Waals surface area contributed by atoms with E-state index in [0.29, 0.717) is 30.6 Å². The second-order valence-corrected chi connectivity index (χ2v) is 5.90. The van der Waals surface area contributed by atoms with E-state index < -0.39 is 11.9 Å². The second-order valence-electron chi connectivity index (χ2n) is 5.90. The summed E-state index contributed by atoms with van der Waals surface area (Å²) in [7, 11) is 0. The highest BCUT2D eigenvalue weighted by molar-refractivity contribution is 6.01. The largest absolute Gasteiger partial charge is 0.386 e. The molecule has 0 amide bonds. The maximum Gasteiger partial charge on any atom is 0.341 e. The average Bonchev–Trinajstić information content (AvgIpc) is 2.63. The Morgan fingerprint density at radius 1 is 0.960 bits per heavy atom. The molecule has 4 heteroatoms. The number of benzene rings is 1. The molecule has 0 N–H and O–H groups in total. The fourth-order valence-electron chi connectivity index (χ4n) is 2.00. The number of carbonyl (C=O) groups excluding carboxylic acids is 2. The van der Waals surface area contributed by atoms with Crippen LogP contribution >= 0.6 is 0 Å². The van der Waals surface area contributed by atoms with Gasteiger partial charge in [0.25, 0.3) is 0 Å². The lowest BCUT2D eigenvalue weighted by atomic mass is 10.1. The smallest absolute Gasteiger partial charge is 0.341 e. The molecule has 0 heterocycles. The highest BCUT2D eigenvalue weighted by Crippen LogP contribution is 2.07. The lowest BCUT2D eigenvalue weighted by Crippen LogP contribution is -2.14. The number of unbranched alkanes of at least 4 members (excludes halogenated alkanes) is 1. The molecule has 25 heavy (non-hydrogen) atoms. The fraction of sp³-hybridized carbons (Fsp3) is 0.429. The maximum atomic E-state index is 12.0. The van der Waals surface area contributed by atoms with E-state index in [-0.39, 0.29) is 0 Å². The molecule has 1 aromatic rings. The number of hydrogen-bond donors (Lipinski definition) is 0. The van der Waals surface area contributed by atoms with Gasteiger partial charge in [0.05, 0.1) is 6.61 Å². The summed E-state index contributed by atoms with van der Waals surface area (Å²) < 4.78 is 10.3. The Bertz CT molecular complexity index is 600. The maximum absolute atomic E-state index is 12.0. The lowest BCUT2D eigenvalue weighted by molar-refractivity contribution is -0.153. The van der Waals surface area contributed by atoms with E-state index in [1.807, 2.05) is 30.3 Å². The minimum absolute atomic E-state index is 0.420. The SMILES string of the molecule is CCCCOCCC=C(C)C(=O)OC(=O)C(C)=CCc1ccccc1. The molecule has 0 saturated carbocycles. The first-order chi connectivity index (χ1) is 12.0. The molecule has 4 nitrogen and oxygen atoms in total. The molecule has 0 fully saturated rings. The Balaban J connectivity index is 2.39. The van der Waals surface area contributed by atoms with Gasteiger partial charge in [-0.2, -0.15) is 0 Å². The molecule has 0 aromatic heterocycles. The van der Waals surface area contributed by atoms with E-state index in [9.17, 15) is 9.59 Å². The predicted octanol–water partition coefficient (Wildman–Crippen LogP) is 4.40. The van der Waals surface area contributed by atoms with Crippen molar-refractivity contribution in [2.45, 2.75) is 46.5 Å². The number of hydrogen-bond acceptors (Lipinski definition) is 4. The molecule has 0 aliphatic rings. The van der Waals surface area contributed by atoms with Crippen molar-refractivity contribution >= 4 is 11.9 Å². The molecular weight excluding hydrogens is 316 g/mol. The Labute approximate surface area is 150 Å². The summed E-state index contributed by atoms with van der Waals surface area (Å²) in [6.45, 7) is 6.70.